The van der Waals surface area contributed by atoms with Crippen LogP contribution in [-0.4, -0.2) is 53.0 Å². The lowest BCUT2D eigenvalue weighted by atomic mass is 9.90. The second kappa shape index (κ2) is 5.99. The van der Waals surface area contributed by atoms with Crippen LogP contribution in [0.1, 0.15) is 24.8 Å². The van der Waals surface area contributed by atoms with E-state index < -0.39 is 0 Å². The predicted octanol–water partition coefficient (Wildman–Crippen LogP) is 2.53. The minimum atomic E-state index is 0.138. The smallest absolute Gasteiger partial charge is 0.227 e. The van der Waals surface area contributed by atoms with Gasteiger partial charge in [0, 0.05) is 30.7 Å². The van der Waals surface area contributed by atoms with Crippen molar-refractivity contribution in [3.8, 4) is 5.75 Å². The molecule has 0 aromatic heterocycles. The number of carbonyl (C=O) groups excluding carboxylic acids is 1. The summed E-state index contributed by atoms with van der Waals surface area (Å²) in [6.45, 7) is 4.21. The molecule has 1 aromatic rings. The maximum Gasteiger partial charge on any atom is 0.227 e. The molecule has 0 bridgehead atoms. The van der Waals surface area contributed by atoms with Crippen molar-refractivity contribution in [2.45, 2.75) is 31.7 Å². The fraction of sp³-hybridized carbons (Fsp3) is 0.611. The Bertz CT molecular complexity index is 621. The van der Waals surface area contributed by atoms with Gasteiger partial charge < -0.3 is 10.0 Å². The standard InChI is InChI=1S/C18H23ClN2O2/c19-16-8-14(22)5-4-12(16)7-18(23)21-10-13-9-20-6-2-1-3-17(20)15(13)11-21/h4-5,8,13,15,17,22H,1-3,6-7,9-11H2/t13-,15+,17-/m0/s1. The normalized spacial score (nSPS) is 30.3. The summed E-state index contributed by atoms with van der Waals surface area (Å²) in [6, 6.07) is 5.54. The van der Waals surface area contributed by atoms with E-state index in [2.05, 4.69) is 4.90 Å². The van der Waals surface area contributed by atoms with E-state index in [1.54, 1.807) is 12.1 Å². The molecule has 0 spiro atoms. The Labute approximate surface area is 142 Å². The van der Waals surface area contributed by atoms with Crippen molar-refractivity contribution in [3.05, 3.63) is 28.8 Å². The first-order valence-electron chi connectivity index (χ1n) is 8.61. The first-order chi connectivity index (χ1) is 11.1. The van der Waals surface area contributed by atoms with E-state index >= 15 is 0 Å². The molecule has 3 heterocycles. The average Bonchev–Trinajstić information content (AvgIpc) is 3.07. The molecule has 3 aliphatic rings. The van der Waals surface area contributed by atoms with Crippen LogP contribution in [0.25, 0.3) is 0 Å². The first-order valence-corrected chi connectivity index (χ1v) is 8.99. The van der Waals surface area contributed by atoms with Crippen LogP contribution < -0.4 is 0 Å². The number of nitrogens with zero attached hydrogens (tertiary/aromatic N) is 2. The molecule has 3 fully saturated rings. The molecule has 3 atom stereocenters. The predicted molar refractivity (Wildman–Crippen MR) is 89.6 cm³/mol. The Morgan fingerprint density at radius 2 is 2.13 bits per heavy atom. The third-order valence-electron chi connectivity index (χ3n) is 5.85. The molecule has 1 aromatic carbocycles. The molecule has 124 valence electrons. The minimum absolute atomic E-state index is 0.138. The second-order valence-electron chi connectivity index (χ2n) is 7.23. The monoisotopic (exact) mass is 334 g/mol. The molecule has 5 heteroatoms. The van der Waals surface area contributed by atoms with Crippen LogP contribution in [0.15, 0.2) is 18.2 Å². The van der Waals surface area contributed by atoms with Crippen molar-refractivity contribution in [2.24, 2.45) is 11.8 Å². The number of halogens is 1. The van der Waals surface area contributed by atoms with Gasteiger partial charge in [0.1, 0.15) is 5.75 Å². The molecule has 23 heavy (non-hydrogen) atoms. The number of piperidine rings is 1. The maximum atomic E-state index is 12.6. The highest BCUT2D eigenvalue weighted by atomic mass is 35.5. The van der Waals surface area contributed by atoms with Crippen LogP contribution in [-0.2, 0) is 11.2 Å². The van der Waals surface area contributed by atoms with Gasteiger partial charge in [0.2, 0.25) is 5.91 Å². The Balaban J connectivity index is 1.41. The molecule has 0 aliphatic carbocycles. The van der Waals surface area contributed by atoms with Crippen LogP contribution in [0, 0.1) is 11.8 Å². The van der Waals surface area contributed by atoms with Crippen molar-refractivity contribution < 1.29 is 9.90 Å². The summed E-state index contributed by atoms with van der Waals surface area (Å²) in [5.41, 5.74) is 0.797. The van der Waals surface area contributed by atoms with Gasteiger partial charge in [0.25, 0.3) is 0 Å². The number of likely N-dealkylation sites (tertiary alicyclic amines) is 1. The van der Waals surface area contributed by atoms with Crippen LogP contribution in [0.5, 0.6) is 5.75 Å². The summed E-state index contributed by atoms with van der Waals surface area (Å²) in [5.74, 6) is 1.61. The van der Waals surface area contributed by atoms with Gasteiger partial charge in [0.15, 0.2) is 0 Å². The Kier molecular flexibility index (Phi) is 3.98. The summed E-state index contributed by atoms with van der Waals surface area (Å²) in [7, 11) is 0. The van der Waals surface area contributed by atoms with Crippen LogP contribution in [0.4, 0.5) is 0 Å². The number of amides is 1. The summed E-state index contributed by atoms with van der Waals surface area (Å²) >= 11 is 6.13. The van der Waals surface area contributed by atoms with Crippen molar-refractivity contribution in [1.29, 1.82) is 0 Å². The highest BCUT2D eigenvalue weighted by Crippen LogP contribution is 2.40. The summed E-state index contributed by atoms with van der Waals surface area (Å²) in [4.78, 5) is 17.3. The van der Waals surface area contributed by atoms with Crippen LogP contribution in [0.3, 0.4) is 0 Å². The minimum Gasteiger partial charge on any atom is -0.508 e. The maximum absolute atomic E-state index is 12.6. The SMILES string of the molecule is O=C(Cc1ccc(O)cc1Cl)N1C[C@@H]2CN3CCCC[C@H]3[C@@H]2C1. The van der Waals surface area contributed by atoms with Gasteiger partial charge in [-0.3, -0.25) is 9.69 Å². The molecule has 1 N–H and O–H groups in total. The molecule has 4 rings (SSSR count). The van der Waals surface area contributed by atoms with Gasteiger partial charge in [0.05, 0.1) is 6.42 Å². The zero-order valence-corrected chi connectivity index (χ0v) is 14.0. The lowest BCUT2D eigenvalue weighted by Gasteiger charge is -2.33. The number of benzene rings is 1. The van der Waals surface area contributed by atoms with E-state index in [-0.39, 0.29) is 11.7 Å². The van der Waals surface area contributed by atoms with E-state index in [9.17, 15) is 9.90 Å². The van der Waals surface area contributed by atoms with Gasteiger partial charge in [-0.2, -0.15) is 0 Å². The molecule has 4 nitrogen and oxygen atoms in total. The third kappa shape index (κ3) is 2.83. The Morgan fingerprint density at radius 3 is 2.96 bits per heavy atom. The summed E-state index contributed by atoms with van der Waals surface area (Å²) in [6.07, 6.45) is 4.29. The lowest BCUT2D eigenvalue weighted by molar-refractivity contribution is -0.129. The molecule has 1 amide bonds. The molecular weight excluding hydrogens is 312 g/mol. The number of rotatable bonds is 2. The fourth-order valence-electron chi connectivity index (χ4n) is 4.71. The highest BCUT2D eigenvalue weighted by molar-refractivity contribution is 6.31. The van der Waals surface area contributed by atoms with Gasteiger partial charge in [-0.1, -0.05) is 24.1 Å². The number of aromatic hydroxyl groups is 1. The van der Waals surface area contributed by atoms with Gasteiger partial charge in [-0.25, -0.2) is 0 Å². The Hall–Kier alpha value is -1.26. The first kappa shape index (κ1) is 15.3. The van der Waals surface area contributed by atoms with Crippen molar-refractivity contribution in [3.63, 3.8) is 0 Å². The van der Waals surface area contributed by atoms with E-state index in [1.807, 2.05) is 4.90 Å². The van der Waals surface area contributed by atoms with Gasteiger partial charge in [-0.05, 0) is 48.9 Å². The molecule has 3 aliphatic heterocycles. The number of carbonyl (C=O) groups is 1. The fourth-order valence-corrected chi connectivity index (χ4v) is 4.95. The zero-order chi connectivity index (χ0) is 16.0. The van der Waals surface area contributed by atoms with E-state index in [1.165, 1.54) is 38.4 Å². The third-order valence-corrected chi connectivity index (χ3v) is 6.20. The molecule has 3 saturated heterocycles. The van der Waals surface area contributed by atoms with Crippen molar-refractivity contribution in [2.75, 3.05) is 26.2 Å². The van der Waals surface area contributed by atoms with Gasteiger partial charge in [-0.15, -0.1) is 0 Å². The van der Waals surface area contributed by atoms with E-state index in [0.717, 1.165) is 18.7 Å². The average molecular weight is 335 g/mol. The second-order valence-corrected chi connectivity index (χ2v) is 7.64. The zero-order valence-electron chi connectivity index (χ0n) is 13.2. The summed E-state index contributed by atoms with van der Waals surface area (Å²) in [5, 5.41) is 9.89. The molecule has 0 saturated carbocycles. The van der Waals surface area contributed by atoms with Crippen LogP contribution >= 0.6 is 11.6 Å². The van der Waals surface area contributed by atoms with Crippen LogP contribution in [0.2, 0.25) is 5.02 Å². The van der Waals surface area contributed by atoms with Crippen molar-refractivity contribution >= 4 is 17.5 Å². The number of phenolic OH excluding ortho intramolecular Hbond substituents is 1. The number of hydrogen-bond acceptors (Lipinski definition) is 3. The number of phenols is 1. The largest absolute Gasteiger partial charge is 0.508 e. The number of hydrogen-bond donors (Lipinski definition) is 1. The molecular formula is C18H23ClN2O2. The van der Waals surface area contributed by atoms with Gasteiger partial charge >= 0.3 is 0 Å². The quantitative estimate of drug-likeness (QED) is 0.904. The molecule has 0 radical (unpaired) electrons. The lowest BCUT2D eigenvalue weighted by Crippen LogP contribution is -2.41. The van der Waals surface area contributed by atoms with Crippen molar-refractivity contribution in [1.82, 2.24) is 9.80 Å². The Morgan fingerprint density at radius 1 is 1.26 bits per heavy atom. The topological polar surface area (TPSA) is 43.8 Å². The highest BCUT2D eigenvalue weighted by Gasteiger charge is 2.48. The van der Waals surface area contributed by atoms with E-state index in [4.69, 9.17) is 11.6 Å². The molecule has 0 unspecified atom stereocenters. The summed E-state index contributed by atoms with van der Waals surface area (Å²) < 4.78 is 0. The van der Waals surface area contributed by atoms with E-state index in [0.29, 0.717) is 29.3 Å². The number of fused-ring (bicyclic) bond motifs is 3.